The first-order valence-electron chi connectivity index (χ1n) is 13.1. The Bertz CT molecular complexity index is 971. The summed E-state index contributed by atoms with van der Waals surface area (Å²) < 4.78 is 0. The van der Waals surface area contributed by atoms with Gasteiger partial charge in [0, 0.05) is 30.3 Å². The summed E-state index contributed by atoms with van der Waals surface area (Å²) in [7, 11) is 0. The lowest BCUT2D eigenvalue weighted by atomic mass is 9.37. The molecule has 5 heteroatoms. The number of hydrogen-bond acceptors (Lipinski definition) is 4. The normalized spacial score (nSPS) is 45.2. The summed E-state index contributed by atoms with van der Waals surface area (Å²) in [5.41, 5.74) is 1.14. The summed E-state index contributed by atoms with van der Waals surface area (Å²) in [6.07, 6.45) is 6.03. The number of carbonyl (C=O) groups is 3. The van der Waals surface area contributed by atoms with E-state index in [0.29, 0.717) is 49.0 Å². The molecule has 5 nitrogen and oxygen atoms in total. The minimum Gasteiger partial charge on any atom is -0.478 e. The molecule has 0 saturated heterocycles. The molecule has 0 radical (unpaired) electrons. The highest BCUT2D eigenvalue weighted by molar-refractivity contribution is 5.90. The molecule has 4 saturated carbocycles. The van der Waals surface area contributed by atoms with Crippen molar-refractivity contribution >= 4 is 17.5 Å². The zero-order chi connectivity index (χ0) is 25.2. The van der Waals surface area contributed by atoms with E-state index in [2.05, 4.69) is 20.8 Å². The molecule has 188 valence electrons. The van der Waals surface area contributed by atoms with Crippen LogP contribution in [-0.2, 0) is 14.4 Å². The highest BCUT2D eigenvalue weighted by atomic mass is 16.4. The maximum Gasteiger partial charge on any atom is 0.331 e. The average molecular weight is 471 g/mol. The first-order chi connectivity index (χ1) is 15.8. The number of rotatable bonds is 4. The third kappa shape index (κ3) is 3.48. The zero-order valence-electron chi connectivity index (χ0n) is 21.7. The highest BCUT2D eigenvalue weighted by Crippen LogP contribution is 2.73. The van der Waals surface area contributed by atoms with Crippen molar-refractivity contribution < 1.29 is 24.6 Å². The number of allylic oxidation sites excluding steroid dienone is 2. The number of carbonyl (C=O) groups excluding carboxylic acids is 2. The minimum atomic E-state index is -0.976. The van der Waals surface area contributed by atoms with Crippen LogP contribution in [0.25, 0.3) is 0 Å². The summed E-state index contributed by atoms with van der Waals surface area (Å²) in [6.45, 7) is 12.7. The molecule has 0 aromatic rings. The number of carboxylic acids is 1. The van der Waals surface area contributed by atoms with Crippen molar-refractivity contribution in [2.24, 2.45) is 39.9 Å². The minimum absolute atomic E-state index is 0.0139. The fourth-order valence-electron chi connectivity index (χ4n) is 9.01. The first-order valence-corrected chi connectivity index (χ1v) is 13.1. The molecule has 0 aliphatic heterocycles. The van der Waals surface area contributed by atoms with Crippen molar-refractivity contribution in [2.45, 2.75) is 99.0 Å². The Morgan fingerprint density at radius 3 is 2.38 bits per heavy atom. The van der Waals surface area contributed by atoms with E-state index >= 15 is 0 Å². The Balaban J connectivity index is 1.78. The number of fused-ring (bicyclic) bond motifs is 5. The largest absolute Gasteiger partial charge is 0.478 e. The molecular formula is C29H42O5. The van der Waals surface area contributed by atoms with Crippen LogP contribution in [0, 0.1) is 39.9 Å². The molecule has 0 aromatic carbocycles. The summed E-state index contributed by atoms with van der Waals surface area (Å²) >= 11 is 0. The van der Waals surface area contributed by atoms with Gasteiger partial charge in [0.25, 0.3) is 0 Å². The third-order valence-corrected chi connectivity index (χ3v) is 10.8. The monoisotopic (exact) mass is 470 g/mol. The molecule has 34 heavy (non-hydrogen) atoms. The Labute approximate surface area is 204 Å². The molecule has 4 rings (SSSR count). The molecule has 2 N–H and O–H groups in total. The fraction of sp³-hybridized carbons (Fsp3) is 0.759. The van der Waals surface area contributed by atoms with Crippen LogP contribution in [-0.4, -0.2) is 33.9 Å². The van der Waals surface area contributed by atoms with E-state index in [4.69, 9.17) is 0 Å². The van der Waals surface area contributed by atoms with E-state index < -0.39 is 12.1 Å². The average Bonchev–Trinajstić information content (AvgIpc) is 2.99. The predicted molar refractivity (Wildman–Crippen MR) is 131 cm³/mol. The zero-order valence-corrected chi connectivity index (χ0v) is 21.7. The van der Waals surface area contributed by atoms with Crippen molar-refractivity contribution in [1.29, 1.82) is 0 Å². The van der Waals surface area contributed by atoms with Gasteiger partial charge in [-0.05, 0) is 86.0 Å². The van der Waals surface area contributed by atoms with E-state index in [-0.39, 0.29) is 45.7 Å². The van der Waals surface area contributed by atoms with Crippen molar-refractivity contribution in [3.63, 3.8) is 0 Å². The van der Waals surface area contributed by atoms with Crippen LogP contribution in [0.1, 0.15) is 92.9 Å². The van der Waals surface area contributed by atoms with Gasteiger partial charge in [0.15, 0.2) is 0 Å². The molecule has 0 spiro atoms. The number of ketones is 2. The van der Waals surface area contributed by atoms with E-state index in [0.717, 1.165) is 24.8 Å². The first kappa shape index (κ1) is 25.3. The standard InChI is InChI=1S/C29H42O5/c1-16(2)8-7-9-18(26(33)34)24-20-14-22(31)25-27(4)12-11-21(30)17(3)19(27)10-13-28(25,5)29(20,6)15-23(24)32/h8,17,19-20,23,25,32H,7,9-15H2,1-6H3,(H,33,34)/b24-18-/t17-,19-,20-,23-,25-,27-,28-,29-/m0/s1. The summed E-state index contributed by atoms with van der Waals surface area (Å²) in [4.78, 5) is 38.8. The number of carboxylic acid groups (broad SMARTS) is 1. The lowest BCUT2D eigenvalue weighted by molar-refractivity contribution is -0.190. The molecule has 4 aliphatic rings. The molecular weight excluding hydrogens is 428 g/mol. The molecule has 0 unspecified atom stereocenters. The summed E-state index contributed by atoms with van der Waals surface area (Å²) in [6, 6.07) is 0. The van der Waals surface area contributed by atoms with Crippen LogP contribution in [0.4, 0.5) is 0 Å². The van der Waals surface area contributed by atoms with Gasteiger partial charge in [-0.25, -0.2) is 4.79 Å². The smallest absolute Gasteiger partial charge is 0.331 e. The van der Waals surface area contributed by atoms with E-state index in [1.54, 1.807) is 0 Å². The van der Waals surface area contributed by atoms with Crippen molar-refractivity contribution in [2.75, 3.05) is 0 Å². The van der Waals surface area contributed by atoms with Crippen molar-refractivity contribution in [3.05, 3.63) is 22.8 Å². The van der Waals surface area contributed by atoms with E-state index in [1.165, 1.54) is 0 Å². The van der Waals surface area contributed by atoms with Crippen molar-refractivity contribution in [3.8, 4) is 0 Å². The maximum atomic E-state index is 14.0. The lowest BCUT2D eigenvalue weighted by Gasteiger charge is -2.66. The quantitative estimate of drug-likeness (QED) is 0.417. The molecule has 0 bridgehead atoms. The van der Waals surface area contributed by atoms with E-state index in [1.807, 2.05) is 26.8 Å². The number of hydrogen-bond donors (Lipinski definition) is 2. The lowest BCUT2D eigenvalue weighted by Crippen LogP contribution is -2.64. The second-order valence-corrected chi connectivity index (χ2v) is 12.7. The topological polar surface area (TPSA) is 91.7 Å². The molecule has 0 heterocycles. The number of aliphatic carboxylic acids is 1. The summed E-state index contributed by atoms with van der Waals surface area (Å²) in [5, 5.41) is 21.4. The Morgan fingerprint density at radius 1 is 1.09 bits per heavy atom. The van der Waals surface area contributed by atoms with Gasteiger partial charge in [-0.15, -0.1) is 0 Å². The Hall–Kier alpha value is -1.75. The van der Waals surface area contributed by atoms with Crippen LogP contribution >= 0.6 is 0 Å². The van der Waals surface area contributed by atoms with Gasteiger partial charge in [0.2, 0.25) is 0 Å². The third-order valence-electron chi connectivity index (χ3n) is 10.8. The van der Waals surface area contributed by atoms with E-state index in [9.17, 15) is 24.6 Å². The molecule has 0 amide bonds. The van der Waals surface area contributed by atoms with Crippen molar-refractivity contribution in [1.82, 2.24) is 0 Å². The number of aliphatic hydroxyl groups is 1. The second-order valence-electron chi connectivity index (χ2n) is 12.7. The van der Waals surface area contributed by atoms with Crippen LogP contribution in [0.2, 0.25) is 0 Å². The highest BCUT2D eigenvalue weighted by Gasteiger charge is 2.70. The second kappa shape index (κ2) is 8.43. The van der Waals surface area contributed by atoms with Gasteiger partial charge in [-0.2, -0.15) is 0 Å². The maximum absolute atomic E-state index is 14.0. The Kier molecular flexibility index (Phi) is 6.28. The van der Waals surface area contributed by atoms with Gasteiger partial charge in [-0.3, -0.25) is 9.59 Å². The van der Waals surface area contributed by atoms with Gasteiger partial charge < -0.3 is 10.2 Å². The van der Waals surface area contributed by atoms with Gasteiger partial charge in [0.05, 0.1) is 6.10 Å². The SMILES string of the molecule is CC(C)=CCC/C(C(=O)O)=C1/[C@@H](O)C[C@@]2(C)[C@H]1CC(=O)[C@H]1[C@@]3(C)CCC(=O)[C@@H](C)[C@@H]3CC[C@@]12C. The van der Waals surface area contributed by atoms with Gasteiger partial charge in [-0.1, -0.05) is 39.3 Å². The van der Waals surface area contributed by atoms with Crippen LogP contribution < -0.4 is 0 Å². The van der Waals surface area contributed by atoms with Gasteiger partial charge >= 0.3 is 5.97 Å². The fourth-order valence-corrected chi connectivity index (χ4v) is 9.01. The molecule has 8 atom stereocenters. The van der Waals surface area contributed by atoms with Crippen LogP contribution in [0.3, 0.4) is 0 Å². The Morgan fingerprint density at radius 2 is 1.76 bits per heavy atom. The number of aliphatic hydroxyl groups excluding tert-OH is 1. The molecule has 4 fully saturated rings. The predicted octanol–water partition coefficient (Wildman–Crippen LogP) is 5.51. The van der Waals surface area contributed by atoms with Gasteiger partial charge in [0.1, 0.15) is 11.6 Å². The molecule has 4 aliphatic carbocycles. The van der Waals surface area contributed by atoms with Crippen LogP contribution in [0.15, 0.2) is 22.8 Å². The number of Topliss-reactive ketones (excluding diaryl/α,β-unsaturated/α-hetero) is 2. The molecule has 0 aromatic heterocycles. The van der Waals surface area contributed by atoms with Crippen LogP contribution in [0.5, 0.6) is 0 Å². The summed E-state index contributed by atoms with van der Waals surface area (Å²) in [5.74, 6) is -0.633.